The van der Waals surface area contributed by atoms with Crippen LogP contribution in [-0.2, 0) is 22.4 Å². The number of methoxy groups -OCH3 is 1. The Morgan fingerprint density at radius 1 is 1.43 bits per heavy atom. The molecule has 0 bridgehead atoms. The zero-order valence-electron chi connectivity index (χ0n) is 14.1. The van der Waals surface area contributed by atoms with Crippen molar-refractivity contribution in [2.75, 3.05) is 39.9 Å². The number of aromatic nitrogens is 2. The number of imidazole rings is 1. The summed E-state index contributed by atoms with van der Waals surface area (Å²) >= 11 is 0. The van der Waals surface area contributed by atoms with Crippen molar-refractivity contribution in [2.45, 2.75) is 44.6 Å². The number of ether oxygens (including phenoxy) is 1. The Hall–Kier alpha value is -1.40. The highest BCUT2D eigenvalue weighted by molar-refractivity contribution is 5.78. The number of nitrogens with zero attached hydrogens (tertiary/aromatic N) is 3. The molecular formula is C17H28N4O2. The predicted octanol–water partition coefficient (Wildman–Crippen LogP) is 1.16. The molecule has 1 atom stereocenters. The minimum absolute atomic E-state index is 0.120. The lowest BCUT2D eigenvalue weighted by Crippen LogP contribution is -2.36. The molecule has 0 saturated carbocycles. The standard InChI is InChI=1S/C17H28N4O2/c1-23-10-4-8-18-17(22)12-20-9-7-14(11-20)21-13-19-15-5-2-3-6-16(15)21/h13-14H,2-12H2,1H3,(H,18,22)/t14-/m1/s1. The van der Waals surface area contributed by atoms with Gasteiger partial charge in [0.1, 0.15) is 0 Å². The number of hydrogen-bond acceptors (Lipinski definition) is 4. The van der Waals surface area contributed by atoms with Crippen molar-refractivity contribution in [3.05, 3.63) is 17.7 Å². The molecular weight excluding hydrogens is 292 g/mol. The fourth-order valence-corrected chi connectivity index (χ4v) is 3.69. The summed E-state index contributed by atoms with van der Waals surface area (Å²) in [5, 5.41) is 2.96. The maximum absolute atomic E-state index is 12.0. The summed E-state index contributed by atoms with van der Waals surface area (Å²) in [7, 11) is 1.68. The van der Waals surface area contributed by atoms with E-state index in [1.54, 1.807) is 7.11 Å². The van der Waals surface area contributed by atoms with Crippen LogP contribution in [-0.4, -0.2) is 60.3 Å². The van der Waals surface area contributed by atoms with Crippen LogP contribution < -0.4 is 5.32 Å². The lowest BCUT2D eigenvalue weighted by Gasteiger charge is -2.20. The molecule has 128 valence electrons. The average molecular weight is 320 g/mol. The molecule has 1 fully saturated rings. The van der Waals surface area contributed by atoms with E-state index in [1.165, 1.54) is 24.2 Å². The highest BCUT2D eigenvalue weighted by Gasteiger charge is 2.28. The molecule has 0 radical (unpaired) electrons. The van der Waals surface area contributed by atoms with Gasteiger partial charge in [-0.1, -0.05) is 0 Å². The smallest absolute Gasteiger partial charge is 0.234 e. The first-order valence-corrected chi connectivity index (χ1v) is 8.80. The molecule has 2 heterocycles. The van der Waals surface area contributed by atoms with E-state index >= 15 is 0 Å². The summed E-state index contributed by atoms with van der Waals surface area (Å²) in [6.07, 6.45) is 8.83. The molecule has 1 aromatic rings. The normalized spacial score (nSPS) is 21.3. The van der Waals surface area contributed by atoms with Gasteiger partial charge in [-0.3, -0.25) is 9.69 Å². The summed E-state index contributed by atoms with van der Waals surface area (Å²) in [5.41, 5.74) is 2.73. The average Bonchev–Trinajstić information content (AvgIpc) is 3.18. The topological polar surface area (TPSA) is 59.4 Å². The molecule has 3 rings (SSSR count). The Morgan fingerprint density at radius 3 is 3.17 bits per heavy atom. The molecule has 1 N–H and O–H groups in total. The number of nitrogens with one attached hydrogen (secondary N) is 1. The lowest BCUT2D eigenvalue weighted by molar-refractivity contribution is -0.122. The van der Waals surface area contributed by atoms with Crippen molar-refractivity contribution in [1.82, 2.24) is 19.8 Å². The van der Waals surface area contributed by atoms with Gasteiger partial charge in [0.15, 0.2) is 0 Å². The van der Waals surface area contributed by atoms with Gasteiger partial charge in [-0.25, -0.2) is 4.98 Å². The van der Waals surface area contributed by atoms with E-state index < -0.39 is 0 Å². The van der Waals surface area contributed by atoms with Crippen LogP contribution >= 0.6 is 0 Å². The number of fused-ring (bicyclic) bond motifs is 1. The lowest BCUT2D eigenvalue weighted by atomic mass is 10.0. The molecule has 1 amide bonds. The summed E-state index contributed by atoms with van der Waals surface area (Å²) in [4.78, 5) is 18.8. The first-order chi connectivity index (χ1) is 11.3. The summed E-state index contributed by atoms with van der Waals surface area (Å²) in [6, 6.07) is 0.477. The quantitative estimate of drug-likeness (QED) is 0.766. The van der Waals surface area contributed by atoms with Gasteiger partial charge in [0.05, 0.1) is 18.6 Å². The van der Waals surface area contributed by atoms with Gasteiger partial charge in [-0.2, -0.15) is 0 Å². The third-order valence-electron chi connectivity index (χ3n) is 4.92. The van der Waals surface area contributed by atoms with Crippen LogP contribution in [0.1, 0.15) is 43.1 Å². The molecule has 0 unspecified atom stereocenters. The molecule has 23 heavy (non-hydrogen) atoms. The first kappa shape index (κ1) is 16.5. The van der Waals surface area contributed by atoms with Gasteiger partial charge >= 0.3 is 0 Å². The van der Waals surface area contributed by atoms with Crippen LogP contribution in [0.15, 0.2) is 6.33 Å². The number of likely N-dealkylation sites (tertiary alicyclic amines) is 1. The predicted molar refractivity (Wildman–Crippen MR) is 88.5 cm³/mol. The second-order valence-corrected chi connectivity index (χ2v) is 6.63. The Labute approximate surface area is 138 Å². The Morgan fingerprint density at radius 2 is 2.30 bits per heavy atom. The Balaban J connectivity index is 1.47. The van der Waals surface area contributed by atoms with Crippen molar-refractivity contribution < 1.29 is 9.53 Å². The zero-order valence-corrected chi connectivity index (χ0v) is 14.1. The summed E-state index contributed by atoms with van der Waals surface area (Å²) < 4.78 is 7.37. The molecule has 6 heteroatoms. The monoisotopic (exact) mass is 320 g/mol. The van der Waals surface area contributed by atoms with Gasteiger partial charge in [0.25, 0.3) is 0 Å². The van der Waals surface area contributed by atoms with Crippen LogP contribution in [0.4, 0.5) is 0 Å². The third-order valence-corrected chi connectivity index (χ3v) is 4.92. The second kappa shape index (κ2) is 7.93. The maximum Gasteiger partial charge on any atom is 0.234 e. The van der Waals surface area contributed by atoms with Crippen molar-refractivity contribution in [3.8, 4) is 0 Å². The molecule has 0 aromatic carbocycles. The van der Waals surface area contributed by atoms with E-state index in [-0.39, 0.29) is 5.91 Å². The van der Waals surface area contributed by atoms with Crippen molar-refractivity contribution in [1.29, 1.82) is 0 Å². The van der Waals surface area contributed by atoms with Gasteiger partial charge < -0.3 is 14.6 Å². The fourth-order valence-electron chi connectivity index (χ4n) is 3.69. The maximum atomic E-state index is 12.0. The van der Waals surface area contributed by atoms with Crippen LogP contribution in [0.3, 0.4) is 0 Å². The van der Waals surface area contributed by atoms with Crippen LogP contribution in [0.25, 0.3) is 0 Å². The molecule has 1 aliphatic heterocycles. The summed E-state index contributed by atoms with van der Waals surface area (Å²) in [6.45, 7) is 3.83. The summed E-state index contributed by atoms with van der Waals surface area (Å²) in [5.74, 6) is 0.120. The number of rotatable bonds is 7. The molecule has 1 aliphatic carbocycles. The first-order valence-electron chi connectivity index (χ1n) is 8.80. The Kier molecular flexibility index (Phi) is 5.67. The van der Waals surface area contributed by atoms with Gasteiger partial charge in [0, 0.05) is 45.1 Å². The molecule has 1 aromatic heterocycles. The van der Waals surface area contributed by atoms with Gasteiger partial charge in [-0.15, -0.1) is 0 Å². The second-order valence-electron chi connectivity index (χ2n) is 6.63. The van der Waals surface area contributed by atoms with E-state index in [0.717, 1.165) is 38.8 Å². The number of amides is 1. The van der Waals surface area contributed by atoms with E-state index in [9.17, 15) is 4.79 Å². The third kappa shape index (κ3) is 4.12. The molecule has 6 nitrogen and oxygen atoms in total. The zero-order chi connectivity index (χ0) is 16.1. The van der Waals surface area contributed by atoms with Crippen molar-refractivity contribution in [2.24, 2.45) is 0 Å². The fraction of sp³-hybridized carbons (Fsp3) is 0.765. The van der Waals surface area contributed by atoms with Crippen molar-refractivity contribution in [3.63, 3.8) is 0 Å². The largest absolute Gasteiger partial charge is 0.385 e. The van der Waals surface area contributed by atoms with E-state index in [0.29, 0.717) is 25.7 Å². The van der Waals surface area contributed by atoms with E-state index in [4.69, 9.17) is 4.74 Å². The number of carbonyl (C=O) groups excluding carboxylic acids is 1. The van der Waals surface area contributed by atoms with Crippen LogP contribution in [0.2, 0.25) is 0 Å². The molecule has 0 spiro atoms. The number of hydrogen-bond donors (Lipinski definition) is 1. The van der Waals surface area contributed by atoms with Crippen LogP contribution in [0.5, 0.6) is 0 Å². The molecule has 1 saturated heterocycles. The van der Waals surface area contributed by atoms with E-state index in [2.05, 4.69) is 19.8 Å². The minimum atomic E-state index is 0.120. The van der Waals surface area contributed by atoms with Crippen molar-refractivity contribution >= 4 is 5.91 Å². The minimum Gasteiger partial charge on any atom is -0.385 e. The van der Waals surface area contributed by atoms with Crippen LogP contribution in [0, 0.1) is 0 Å². The van der Waals surface area contributed by atoms with Gasteiger partial charge in [-0.05, 0) is 38.5 Å². The Bertz CT molecular complexity index is 529. The highest BCUT2D eigenvalue weighted by Crippen LogP contribution is 2.27. The SMILES string of the molecule is COCCCNC(=O)CN1CC[C@@H](n2cnc3c2CCCC3)C1. The number of carbonyl (C=O) groups is 1. The highest BCUT2D eigenvalue weighted by atomic mass is 16.5. The van der Waals surface area contributed by atoms with Gasteiger partial charge in [0.2, 0.25) is 5.91 Å². The number of aryl methyl sites for hydroxylation is 1. The molecule has 2 aliphatic rings. The van der Waals surface area contributed by atoms with E-state index in [1.807, 2.05) is 6.33 Å².